The first-order valence-corrected chi connectivity index (χ1v) is 7.76. The highest BCUT2D eigenvalue weighted by Gasteiger charge is 2.10. The van der Waals surface area contributed by atoms with Gasteiger partial charge >= 0.3 is 0 Å². The number of nitrogens with zero attached hydrogens (tertiary/aromatic N) is 2. The van der Waals surface area contributed by atoms with Crippen LogP contribution in [0.1, 0.15) is 0 Å². The standard InChI is InChI=1S/C10H15Br3N2O3/c1-16-4-5-18-7-6-17-3-2-15-10(13)8(11)9(12)14-15/h2-7H2,1H3. The summed E-state index contributed by atoms with van der Waals surface area (Å²) in [5, 5.41) is 4.28. The quantitative estimate of drug-likeness (QED) is 0.543. The summed E-state index contributed by atoms with van der Waals surface area (Å²) in [4.78, 5) is 0. The Bertz CT molecular complexity index is 360. The molecule has 0 N–H and O–H groups in total. The summed E-state index contributed by atoms with van der Waals surface area (Å²) < 4.78 is 20.0. The van der Waals surface area contributed by atoms with Crippen LogP contribution in [0.2, 0.25) is 0 Å². The van der Waals surface area contributed by atoms with Crippen molar-refractivity contribution in [2.75, 3.05) is 40.1 Å². The molecule has 18 heavy (non-hydrogen) atoms. The lowest BCUT2D eigenvalue weighted by molar-refractivity contribution is 0.0224. The van der Waals surface area contributed by atoms with E-state index in [-0.39, 0.29) is 0 Å². The van der Waals surface area contributed by atoms with Crippen molar-refractivity contribution in [3.05, 3.63) is 13.7 Å². The minimum atomic E-state index is 0.574. The maximum atomic E-state index is 5.44. The summed E-state index contributed by atoms with van der Waals surface area (Å²) in [7, 11) is 1.65. The first kappa shape index (κ1) is 16.6. The monoisotopic (exact) mass is 448 g/mol. The Morgan fingerprint density at radius 1 is 1.00 bits per heavy atom. The van der Waals surface area contributed by atoms with E-state index in [0.717, 1.165) is 13.7 Å². The fraction of sp³-hybridized carbons (Fsp3) is 0.700. The molecular weight excluding hydrogens is 436 g/mol. The highest BCUT2D eigenvalue weighted by Crippen LogP contribution is 2.30. The second-order valence-electron chi connectivity index (χ2n) is 3.34. The summed E-state index contributed by atoms with van der Waals surface area (Å²) in [6, 6.07) is 0. The predicted molar refractivity (Wildman–Crippen MR) is 78.8 cm³/mol. The van der Waals surface area contributed by atoms with Crippen LogP contribution in [0.5, 0.6) is 0 Å². The number of rotatable bonds is 9. The average molecular weight is 451 g/mol. The van der Waals surface area contributed by atoms with Crippen LogP contribution in [-0.4, -0.2) is 49.9 Å². The summed E-state index contributed by atoms with van der Waals surface area (Å²) >= 11 is 10.2. The Hall–Kier alpha value is 0.530. The van der Waals surface area contributed by atoms with Crippen molar-refractivity contribution in [1.29, 1.82) is 0 Å². The fourth-order valence-electron chi connectivity index (χ4n) is 1.16. The SMILES string of the molecule is COCCOCCOCCn1nc(Br)c(Br)c1Br. The second-order valence-corrected chi connectivity index (χ2v) is 5.63. The number of aromatic nitrogens is 2. The highest BCUT2D eigenvalue weighted by atomic mass is 79.9. The van der Waals surface area contributed by atoms with Crippen molar-refractivity contribution < 1.29 is 14.2 Å². The number of hydrogen-bond acceptors (Lipinski definition) is 4. The van der Waals surface area contributed by atoms with Gasteiger partial charge in [0.25, 0.3) is 0 Å². The van der Waals surface area contributed by atoms with Gasteiger partial charge in [0.15, 0.2) is 0 Å². The second kappa shape index (κ2) is 9.44. The molecule has 0 radical (unpaired) electrons. The number of hydrogen-bond donors (Lipinski definition) is 0. The van der Waals surface area contributed by atoms with Crippen LogP contribution < -0.4 is 0 Å². The molecule has 1 heterocycles. The van der Waals surface area contributed by atoms with Crippen molar-refractivity contribution in [3.63, 3.8) is 0 Å². The van der Waals surface area contributed by atoms with E-state index in [1.165, 1.54) is 0 Å². The molecule has 1 rings (SSSR count). The van der Waals surface area contributed by atoms with Gasteiger partial charge in [-0.15, -0.1) is 0 Å². The summed E-state index contributed by atoms with van der Waals surface area (Å²) in [6.45, 7) is 3.64. The zero-order chi connectivity index (χ0) is 13.4. The lowest BCUT2D eigenvalue weighted by atomic mass is 10.6. The van der Waals surface area contributed by atoms with Gasteiger partial charge in [-0.1, -0.05) is 0 Å². The van der Waals surface area contributed by atoms with E-state index in [1.807, 2.05) is 4.68 Å². The molecular formula is C10H15Br3N2O3. The number of methoxy groups -OCH3 is 1. The summed E-state index contributed by atoms with van der Waals surface area (Å²) in [6.07, 6.45) is 0. The smallest absolute Gasteiger partial charge is 0.143 e. The summed E-state index contributed by atoms with van der Waals surface area (Å²) in [5.74, 6) is 0. The Balaban J connectivity index is 2.09. The van der Waals surface area contributed by atoms with Crippen LogP contribution in [0.4, 0.5) is 0 Å². The molecule has 0 saturated carbocycles. The van der Waals surface area contributed by atoms with Crippen molar-refractivity contribution in [1.82, 2.24) is 9.78 Å². The van der Waals surface area contributed by atoms with Crippen LogP contribution in [0.15, 0.2) is 13.7 Å². The van der Waals surface area contributed by atoms with E-state index in [9.17, 15) is 0 Å². The highest BCUT2D eigenvalue weighted by molar-refractivity contribution is 9.14. The van der Waals surface area contributed by atoms with Gasteiger partial charge in [-0.25, -0.2) is 0 Å². The molecule has 0 amide bonds. The third-order valence-electron chi connectivity index (χ3n) is 2.05. The molecule has 1 aromatic rings. The van der Waals surface area contributed by atoms with Crippen molar-refractivity contribution in [2.45, 2.75) is 6.54 Å². The van der Waals surface area contributed by atoms with E-state index in [0.29, 0.717) is 39.6 Å². The maximum Gasteiger partial charge on any atom is 0.143 e. The molecule has 104 valence electrons. The Labute approximate surface area is 132 Å². The first-order valence-electron chi connectivity index (χ1n) is 5.38. The van der Waals surface area contributed by atoms with E-state index in [1.54, 1.807) is 7.11 Å². The molecule has 0 unspecified atom stereocenters. The van der Waals surface area contributed by atoms with Gasteiger partial charge < -0.3 is 14.2 Å². The van der Waals surface area contributed by atoms with Crippen LogP contribution in [0.25, 0.3) is 0 Å². The molecule has 8 heteroatoms. The van der Waals surface area contributed by atoms with Gasteiger partial charge in [-0.05, 0) is 47.8 Å². The molecule has 0 spiro atoms. The molecule has 0 bridgehead atoms. The van der Waals surface area contributed by atoms with Gasteiger partial charge in [0.2, 0.25) is 0 Å². The Morgan fingerprint density at radius 2 is 1.61 bits per heavy atom. The van der Waals surface area contributed by atoms with Gasteiger partial charge in [0.05, 0.1) is 44.1 Å². The van der Waals surface area contributed by atoms with E-state index in [4.69, 9.17) is 14.2 Å². The van der Waals surface area contributed by atoms with Crippen molar-refractivity contribution >= 4 is 47.8 Å². The normalized spacial score (nSPS) is 11.1. The summed E-state index contributed by atoms with van der Waals surface area (Å²) in [5.41, 5.74) is 0. The molecule has 0 aliphatic carbocycles. The predicted octanol–water partition coefficient (Wildman–Crippen LogP) is 2.85. The number of ether oxygens (including phenoxy) is 3. The van der Waals surface area contributed by atoms with Gasteiger partial charge in [0.1, 0.15) is 9.21 Å². The third-order valence-corrected chi connectivity index (χ3v) is 5.22. The molecule has 1 aromatic heterocycles. The molecule has 0 aliphatic heterocycles. The molecule has 0 atom stereocenters. The molecule has 0 aliphatic rings. The molecule has 0 aromatic carbocycles. The Morgan fingerprint density at radius 3 is 2.17 bits per heavy atom. The van der Waals surface area contributed by atoms with Gasteiger partial charge in [0, 0.05) is 7.11 Å². The van der Waals surface area contributed by atoms with Crippen molar-refractivity contribution in [3.8, 4) is 0 Å². The first-order chi connectivity index (χ1) is 8.66. The lowest BCUT2D eigenvalue weighted by Gasteiger charge is -2.06. The zero-order valence-electron chi connectivity index (χ0n) is 10.00. The van der Waals surface area contributed by atoms with E-state index in [2.05, 4.69) is 52.9 Å². The minimum Gasteiger partial charge on any atom is -0.382 e. The van der Waals surface area contributed by atoms with Crippen LogP contribution in [0, 0.1) is 0 Å². The van der Waals surface area contributed by atoms with Gasteiger partial charge in [-0.2, -0.15) is 5.10 Å². The minimum absolute atomic E-state index is 0.574. The molecule has 0 fully saturated rings. The van der Waals surface area contributed by atoms with Crippen LogP contribution in [-0.2, 0) is 20.8 Å². The number of halogens is 3. The maximum absolute atomic E-state index is 5.44. The molecule has 0 saturated heterocycles. The average Bonchev–Trinajstić information content (AvgIpc) is 2.60. The fourth-order valence-corrected chi connectivity index (χ4v) is 2.53. The van der Waals surface area contributed by atoms with Crippen molar-refractivity contribution in [2.24, 2.45) is 0 Å². The van der Waals surface area contributed by atoms with Gasteiger partial charge in [-0.3, -0.25) is 4.68 Å². The van der Waals surface area contributed by atoms with Crippen LogP contribution in [0.3, 0.4) is 0 Å². The zero-order valence-corrected chi connectivity index (χ0v) is 14.8. The molecule has 5 nitrogen and oxygen atoms in total. The van der Waals surface area contributed by atoms with E-state index >= 15 is 0 Å². The third kappa shape index (κ3) is 5.66. The lowest BCUT2D eigenvalue weighted by Crippen LogP contribution is -2.12. The Kier molecular flexibility index (Phi) is 8.69. The largest absolute Gasteiger partial charge is 0.382 e. The van der Waals surface area contributed by atoms with E-state index < -0.39 is 0 Å². The van der Waals surface area contributed by atoms with Crippen LogP contribution >= 0.6 is 47.8 Å². The topological polar surface area (TPSA) is 45.5 Å².